The largest absolute Gasteiger partial charge is 0.384 e. The lowest BCUT2D eigenvalue weighted by Crippen LogP contribution is -2.34. The normalized spacial score (nSPS) is 11.9. The Labute approximate surface area is 116 Å². The Morgan fingerprint density at radius 3 is 2.53 bits per heavy atom. The van der Waals surface area contributed by atoms with Gasteiger partial charge < -0.3 is 10.6 Å². The minimum absolute atomic E-state index is 0.0273. The molecule has 0 saturated carbocycles. The second-order valence-electron chi connectivity index (χ2n) is 4.84. The Balaban J connectivity index is 2.75. The quantitative estimate of drug-likeness (QED) is 0.748. The van der Waals surface area contributed by atoms with E-state index in [1.54, 1.807) is 0 Å². The second kappa shape index (κ2) is 8.57. The monoisotopic (exact) mass is 262 g/mol. The smallest absolute Gasteiger partial charge is 0.253 e. The van der Waals surface area contributed by atoms with E-state index in [4.69, 9.17) is 0 Å². The molecule has 1 atom stereocenters. The summed E-state index contributed by atoms with van der Waals surface area (Å²) >= 11 is 0. The molecule has 0 fully saturated rings. The number of anilines is 1. The van der Waals surface area contributed by atoms with E-state index in [0.717, 1.165) is 43.5 Å². The summed E-state index contributed by atoms with van der Waals surface area (Å²) in [5.41, 5.74) is 1.67. The lowest BCUT2D eigenvalue weighted by molar-refractivity contribution is 0.0934. The Morgan fingerprint density at radius 1 is 1.16 bits per heavy atom. The highest BCUT2D eigenvalue weighted by Crippen LogP contribution is 2.15. The molecule has 0 radical (unpaired) electrons. The molecule has 0 bridgehead atoms. The van der Waals surface area contributed by atoms with E-state index in [2.05, 4.69) is 31.4 Å². The first-order valence-electron chi connectivity index (χ1n) is 7.36. The van der Waals surface area contributed by atoms with Crippen LogP contribution in [0.2, 0.25) is 0 Å². The van der Waals surface area contributed by atoms with Crippen molar-refractivity contribution < 1.29 is 4.79 Å². The molecule has 0 aromatic heterocycles. The molecule has 0 saturated heterocycles. The van der Waals surface area contributed by atoms with Crippen molar-refractivity contribution in [2.45, 2.75) is 52.5 Å². The molecule has 0 aliphatic rings. The molecule has 1 aromatic rings. The first kappa shape index (κ1) is 15.5. The van der Waals surface area contributed by atoms with Gasteiger partial charge in [-0.2, -0.15) is 0 Å². The summed E-state index contributed by atoms with van der Waals surface area (Å²) in [4.78, 5) is 12.3. The van der Waals surface area contributed by atoms with Crippen molar-refractivity contribution in [2.24, 2.45) is 0 Å². The SMILES string of the molecule is CCCNc1ccccc1C(=O)NC(CC)CCC. The number of para-hydroxylation sites is 1. The van der Waals surface area contributed by atoms with Gasteiger partial charge in [0.25, 0.3) is 5.91 Å². The van der Waals surface area contributed by atoms with Crippen molar-refractivity contribution in [1.82, 2.24) is 5.32 Å². The predicted molar refractivity (Wildman–Crippen MR) is 81.7 cm³/mol. The van der Waals surface area contributed by atoms with Crippen LogP contribution in [0.1, 0.15) is 56.8 Å². The zero-order chi connectivity index (χ0) is 14.1. The van der Waals surface area contributed by atoms with Gasteiger partial charge >= 0.3 is 0 Å². The highest BCUT2D eigenvalue weighted by Gasteiger charge is 2.14. The average Bonchev–Trinajstić information content (AvgIpc) is 2.44. The van der Waals surface area contributed by atoms with E-state index < -0.39 is 0 Å². The van der Waals surface area contributed by atoms with E-state index in [0.29, 0.717) is 0 Å². The molecule has 1 rings (SSSR count). The van der Waals surface area contributed by atoms with Crippen LogP contribution >= 0.6 is 0 Å². The number of amides is 1. The van der Waals surface area contributed by atoms with Crippen LogP contribution in [0.15, 0.2) is 24.3 Å². The van der Waals surface area contributed by atoms with Gasteiger partial charge in [-0.3, -0.25) is 4.79 Å². The first-order chi connectivity index (χ1) is 9.22. The van der Waals surface area contributed by atoms with Crippen LogP contribution in [0.4, 0.5) is 5.69 Å². The second-order valence-corrected chi connectivity index (χ2v) is 4.84. The van der Waals surface area contributed by atoms with Gasteiger partial charge in [-0.05, 0) is 31.4 Å². The Bertz CT molecular complexity index is 390. The zero-order valence-corrected chi connectivity index (χ0v) is 12.3. The summed E-state index contributed by atoms with van der Waals surface area (Å²) in [5, 5.41) is 6.43. The highest BCUT2D eigenvalue weighted by molar-refractivity contribution is 5.99. The van der Waals surface area contributed by atoms with Gasteiger partial charge in [0.15, 0.2) is 0 Å². The van der Waals surface area contributed by atoms with Gasteiger partial charge in [0.2, 0.25) is 0 Å². The molecule has 0 spiro atoms. The molecule has 19 heavy (non-hydrogen) atoms. The van der Waals surface area contributed by atoms with Crippen molar-refractivity contribution in [1.29, 1.82) is 0 Å². The molecule has 1 unspecified atom stereocenters. The predicted octanol–water partition coefficient (Wildman–Crippen LogP) is 3.82. The van der Waals surface area contributed by atoms with Crippen LogP contribution in [0, 0.1) is 0 Å². The van der Waals surface area contributed by atoms with E-state index in [-0.39, 0.29) is 11.9 Å². The average molecular weight is 262 g/mol. The van der Waals surface area contributed by atoms with E-state index >= 15 is 0 Å². The Morgan fingerprint density at radius 2 is 1.89 bits per heavy atom. The fourth-order valence-corrected chi connectivity index (χ4v) is 2.08. The van der Waals surface area contributed by atoms with Crippen LogP contribution in [0.5, 0.6) is 0 Å². The standard InChI is InChI=1S/C16H26N2O/c1-4-9-13(6-3)18-16(19)14-10-7-8-11-15(14)17-12-5-2/h7-8,10-11,13,17H,4-6,9,12H2,1-3H3,(H,18,19). The Kier molecular flexibility index (Phi) is 7.01. The lowest BCUT2D eigenvalue weighted by atomic mass is 10.1. The molecule has 0 aliphatic heterocycles. The van der Waals surface area contributed by atoms with Crippen molar-refractivity contribution in [2.75, 3.05) is 11.9 Å². The number of benzene rings is 1. The highest BCUT2D eigenvalue weighted by atomic mass is 16.1. The summed E-state index contributed by atoms with van der Waals surface area (Å²) in [7, 11) is 0. The number of rotatable bonds is 8. The molecule has 3 nitrogen and oxygen atoms in total. The van der Waals surface area contributed by atoms with Crippen molar-refractivity contribution >= 4 is 11.6 Å². The van der Waals surface area contributed by atoms with Crippen LogP contribution in [0.3, 0.4) is 0 Å². The van der Waals surface area contributed by atoms with Crippen LogP contribution in [-0.2, 0) is 0 Å². The minimum Gasteiger partial charge on any atom is -0.384 e. The molecule has 3 heteroatoms. The maximum absolute atomic E-state index is 12.3. The molecular weight excluding hydrogens is 236 g/mol. The van der Waals surface area contributed by atoms with Gasteiger partial charge in [-0.25, -0.2) is 0 Å². The van der Waals surface area contributed by atoms with Gasteiger partial charge in [0, 0.05) is 18.3 Å². The van der Waals surface area contributed by atoms with Crippen molar-refractivity contribution in [3.8, 4) is 0 Å². The molecule has 0 heterocycles. The minimum atomic E-state index is 0.0273. The topological polar surface area (TPSA) is 41.1 Å². The van der Waals surface area contributed by atoms with Gasteiger partial charge in [-0.1, -0.05) is 39.3 Å². The number of nitrogens with one attached hydrogen (secondary N) is 2. The molecule has 0 aliphatic carbocycles. The first-order valence-corrected chi connectivity index (χ1v) is 7.36. The molecular formula is C16H26N2O. The van der Waals surface area contributed by atoms with Crippen LogP contribution < -0.4 is 10.6 Å². The van der Waals surface area contributed by atoms with Crippen molar-refractivity contribution in [3.05, 3.63) is 29.8 Å². The molecule has 1 aromatic carbocycles. The third-order valence-electron chi connectivity index (χ3n) is 3.20. The summed E-state index contributed by atoms with van der Waals surface area (Å²) in [5.74, 6) is 0.0273. The van der Waals surface area contributed by atoms with Gasteiger partial charge in [0.05, 0.1) is 5.56 Å². The van der Waals surface area contributed by atoms with Crippen LogP contribution in [0.25, 0.3) is 0 Å². The molecule has 2 N–H and O–H groups in total. The van der Waals surface area contributed by atoms with Crippen molar-refractivity contribution in [3.63, 3.8) is 0 Å². The summed E-state index contributed by atoms with van der Waals surface area (Å²) in [6.45, 7) is 7.26. The third kappa shape index (κ3) is 4.93. The summed E-state index contributed by atoms with van der Waals surface area (Å²) < 4.78 is 0. The fraction of sp³-hybridized carbons (Fsp3) is 0.562. The maximum atomic E-state index is 12.3. The van der Waals surface area contributed by atoms with E-state index in [1.807, 2.05) is 24.3 Å². The van der Waals surface area contributed by atoms with E-state index in [1.165, 1.54) is 0 Å². The van der Waals surface area contributed by atoms with Gasteiger partial charge in [0.1, 0.15) is 0 Å². The number of hydrogen-bond acceptors (Lipinski definition) is 2. The van der Waals surface area contributed by atoms with Crippen LogP contribution in [-0.4, -0.2) is 18.5 Å². The fourth-order valence-electron chi connectivity index (χ4n) is 2.08. The summed E-state index contributed by atoms with van der Waals surface area (Å²) in [6.07, 6.45) is 4.15. The maximum Gasteiger partial charge on any atom is 0.253 e. The molecule has 106 valence electrons. The molecule has 1 amide bonds. The number of carbonyl (C=O) groups excluding carboxylic acids is 1. The number of carbonyl (C=O) groups is 1. The summed E-state index contributed by atoms with van der Waals surface area (Å²) in [6, 6.07) is 7.99. The van der Waals surface area contributed by atoms with Gasteiger partial charge in [-0.15, -0.1) is 0 Å². The number of hydrogen-bond donors (Lipinski definition) is 2. The van der Waals surface area contributed by atoms with E-state index in [9.17, 15) is 4.79 Å². The lowest BCUT2D eigenvalue weighted by Gasteiger charge is -2.18. The Hall–Kier alpha value is -1.51. The zero-order valence-electron chi connectivity index (χ0n) is 12.3. The third-order valence-corrected chi connectivity index (χ3v) is 3.20.